The number of nitrogens with zero attached hydrogens (tertiary/aromatic N) is 4. The molecule has 132 valence electrons. The number of hydrogen-bond acceptors (Lipinski definition) is 5. The molecule has 0 spiro atoms. The van der Waals surface area contributed by atoms with Gasteiger partial charge in [0, 0.05) is 5.02 Å². The lowest BCUT2D eigenvalue weighted by molar-refractivity contribution is 0.157. The zero-order chi connectivity index (χ0) is 17.6. The maximum Gasteiger partial charge on any atom is 0.230 e. The molecule has 1 aliphatic heterocycles. The smallest absolute Gasteiger partial charge is 0.230 e. The Kier molecular flexibility index (Phi) is 4.43. The van der Waals surface area contributed by atoms with Crippen LogP contribution >= 0.6 is 22.9 Å². The van der Waals surface area contributed by atoms with Gasteiger partial charge in [-0.2, -0.15) is 4.52 Å². The third-order valence-electron chi connectivity index (χ3n) is 4.92. The maximum atomic E-state index is 10.8. The summed E-state index contributed by atoms with van der Waals surface area (Å²) in [4.78, 5) is 8.48. The molecule has 3 aromatic rings. The Bertz CT molecular complexity index is 881. The summed E-state index contributed by atoms with van der Waals surface area (Å²) in [5, 5.41) is 15.8. The molecular weight excluding hydrogens is 356 g/mol. The zero-order valence-corrected chi connectivity index (χ0v) is 15.9. The number of aromatic hydroxyl groups is 1. The monoisotopic (exact) mass is 376 g/mol. The van der Waals surface area contributed by atoms with E-state index in [1.54, 1.807) is 4.52 Å². The van der Waals surface area contributed by atoms with Crippen LogP contribution in [0.15, 0.2) is 24.3 Å². The van der Waals surface area contributed by atoms with E-state index < -0.39 is 0 Å². The van der Waals surface area contributed by atoms with Gasteiger partial charge in [-0.15, -0.1) is 5.10 Å². The molecule has 1 atom stereocenters. The van der Waals surface area contributed by atoms with Crippen LogP contribution in [0.5, 0.6) is 5.88 Å². The van der Waals surface area contributed by atoms with Crippen LogP contribution in [0.3, 0.4) is 0 Å². The number of benzene rings is 1. The lowest BCUT2D eigenvalue weighted by atomic mass is 9.95. The molecular formula is C18H21ClN4OS. The van der Waals surface area contributed by atoms with Crippen molar-refractivity contribution < 1.29 is 5.11 Å². The molecule has 4 rings (SSSR count). The summed E-state index contributed by atoms with van der Waals surface area (Å²) in [5.74, 6) is 1.61. The molecule has 7 heteroatoms. The van der Waals surface area contributed by atoms with Crippen molar-refractivity contribution in [2.45, 2.75) is 32.7 Å². The third kappa shape index (κ3) is 3.14. The van der Waals surface area contributed by atoms with Crippen LogP contribution in [0, 0.1) is 12.8 Å². The molecule has 1 fully saturated rings. The van der Waals surface area contributed by atoms with Gasteiger partial charge in [0.15, 0.2) is 0 Å². The first-order valence-electron chi connectivity index (χ1n) is 8.57. The topological polar surface area (TPSA) is 53.7 Å². The average Bonchev–Trinajstić information content (AvgIpc) is 3.09. The standard InChI is InChI=1S/C18H21ClN4OS/c1-11-7-9-22(10-8-11)15(13-3-5-14(19)6-4-13)16-17(24)23-18(25-16)20-12(2)21-23/h3-6,11,15,24H,7-10H2,1-2H3/t15-/m0/s1. The van der Waals surface area contributed by atoms with E-state index >= 15 is 0 Å². The van der Waals surface area contributed by atoms with E-state index in [4.69, 9.17) is 11.6 Å². The minimum absolute atomic E-state index is 0.00132. The van der Waals surface area contributed by atoms with E-state index in [0.29, 0.717) is 5.82 Å². The number of aryl methyl sites for hydroxylation is 1. The first kappa shape index (κ1) is 16.8. The van der Waals surface area contributed by atoms with Crippen LogP contribution in [0.4, 0.5) is 0 Å². The minimum Gasteiger partial charge on any atom is -0.492 e. The zero-order valence-electron chi connectivity index (χ0n) is 14.3. The fourth-order valence-corrected chi connectivity index (χ4v) is 4.77. The highest BCUT2D eigenvalue weighted by Crippen LogP contribution is 2.41. The van der Waals surface area contributed by atoms with Crippen molar-refractivity contribution in [3.63, 3.8) is 0 Å². The van der Waals surface area contributed by atoms with Gasteiger partial charge in [0.2, 0.25) is 10.8 Å². The van der Waals surface area contributed by atoms with Crippen LogP contribution < -0.4 is 0 Å². The Morgan fingerprint density at radius 1 is 1.24 bits per heavy atom. The molecule has 1 saturated heterocycles. The molecule has 25 heavy (non-hydrogen) atoms. The third-order valence-corrected chi connectivity index (χ3v) is 6.25. The van der Waals surface area contributed by atoms with E-state index in [0.717, 1.165) is 39.4 Å². The van der Waals surface area contributed by atoms with Crippen molar-refractivity contribution in [1.82, 2.24) is 19.5 Å². The van der Waals surface area contributed by atoms with Crippen LogP contribution in [0.25, 0.3) is 4.96 Å². The summed E-state index contributed by atoms with van der Waals surface area (Å²) in [5.41, 5.74) is 1.13. The van der Waals surface area contributed by atoms with E-state index in [9.17, 15) is 5.11 Å². The molecule has 0 bridgehead atoms. The number of likely N-dealkylation sites (tertiary alicyclic amines) is 1. The van der Waals surface area contributed by atoms with Crippen molar-refractivity contribution in [1.29, 1.82) is 0 Å². The molecule has 0 amide bonds. The number of halogens is 1. The number of piperidine rings is 1. The Hall–Kier alpha value is -1.63. The van der Waals surface area contributed by atoms with E-state index in [1.165, 1.54) is 24.2 Å². The molecule has 3 heterocycles. The van der Waals surface area contributed by atoms with Gasteiger partial charge < -0.3 is 5.11 Å². The molecule has 2 aromatic heterocycles. The van der Waals surface area contributed by atoms with Crippen molar-refractivity contribution in [2.75, 3.05) is 13.1 Å². The second kappa shape index (κ2) is 6.59. The van der Waals surface area contributed by atoms with Gasteiger partial charge >= 0.3 is 0 Å². The number of thiazole rings is 1. The summed E-state index contributed by atoms with van der Waals surface area (Å²) < 4.78 is 1.55. The second-order valence-corrected chi connectivity index (χ2v) is 8.26. The van der Waals surface area contributed by atoms with Crippen molar-refractivity contribution in [2.24, 2.45) is 5.92 Å². The van der Waals surface area contributed by atoms with Gasteiger partial charge in [-0.25, -0.2) is 4.98 Å². The SMILES string of the molecule is Cc1nc2sc([C@H](c3ccc(Cl)cc3)N3CCC(C)CC3)c(O)n2n1. The summed E-state index contributed by atoms with van der Waals surface area (Å²) in [6.45, 7) is 6.17. The van der Waals surface area contributed by atoms with Crippen LogP contribution in [-0.4, -0.2) is 37.7 Å². The second-order valence-electron chi connectivity index (χ2n) is 6.82. The van der Waals surface area contributed by atoms with E-state index in [1.807, 2.05) is 31.2 Å². The normalized spacial score (nSPS) is 18.0. The Labute approximate surface area is 155 Å². The highest BCUT2D eigenvalue weighted by atomic mass is 35.5. The number of hydrogen-bond donors (Lipinski definition) is 1. The van der Waals surface area contributed by atoms with Gasteiger partial charge in [-0.1, -0.05) is 42.0 Å². The van der Waals surface area contributed by atoms with Crippen LogP contribution in [0.2, 0.25) is 5.02 Å². The quantitative estimate of drug-likeness (QED) is 0.741. The van der Waals surface area contributed by atoms with E-state index in [-0.39, 0.29) is 11.9 Å². The lowest BCUT2D eigenvalue weighted by Crippen LogP contribution is -2.36. The first-order chi connectivity index (χ1) is 12.0. The predicted octanol–water partition coefficient (Wildman–Crippen LogP) is 4.28. The molecule has 5 nitrogen and oxygen atoms in total. The molecule has 0 radical (unpaired) electrons. The average molecular weight is 377 g/mol. The highest BCUT2D eigenvalue weighted by molar-refractivity contribution is 7.17. The Morgan fingerprint density at radius 2 is 1.92 bits per heavy atom. The predicted molar refractivity (Wildman–Crippen MR) is 101 cm³/mol. The van der Waals surface area contributed by atoms with E-state index in [2.05, 4.69) is 21.9 Å². The molecule has 1 aromatic carbocycles. The van der Waals surface area contributed by atoms with Crippen LogP contribution in [-0.2, 0) is 0 Å². The summed E-state index contributed by atoms with van der Waals surface area (Å²) in [7, 11) is 0. The lowest BCUT2D eigenvalue weighted by Gasteiger charge is -2.36. The molecule has 0 saturated carbocycles. The number of fused-ring (bicyclic) bond motifs is 1. The summed E-state index contributed by atoms with van der Waals surface area (Å²) >= 11 is 7.59. The number of aromatic nitrogens is 3. The minimum atomic E-state index is -0.00132. The fraction of sp³-hybridized carbons (Fsp3) is 0.444. The molecule has 1 N–H and O–H groups in total. The maximum absolute atomic E-state index is 10.8. The van der Waals surface area contributed by atoms with Gasteiger partial charge in [0.1, 0.15) is 5.82 Å². The van der Waals surface area contributed by atoms with Gasteiger partial charge in [-0.05, 0) is 56.5 Å². The van der Waals surface area contributed by atoms with Crippen molar-refractivity contribution in [3.05, 3.63) is 45.6 Å². The fourth-order valence-electron chi connectivity index (χ4n) is 3.49. The molecule has 1 aliphatic rings. The molecule has 0 aliphatic carbocycles. The van der Waals surface area contributed by atoms with Crippen LogP contribution in [0.1, 0.15) is 42.1 Å². The highest BCUT2D eigenvalue weighted by Gasteiger charge is 2.31. The largest absolute Gasteiger partial charge is 0.492 e. The summed E-state index contributed by atoms with van der Waals surface area (Å²) in [6, 6.07) is 7.92. The van der Waals surface area contributed by atoms with Gasteiger partial charge in [0.25, 0.3) is 0 Å². The Balaban J connectivity index is 1.79. The molecule has 0 unspecified atom stereocenters. The van der Waals surface area contributed by atoms with Gasteiger partial charge in [-0.3, -0.25) is 4.90 Å². The van der Waals surface area contributed by atoms with Gasteiger partial charge in [0.05, 0.1) is 10.9 Å². The summed E-state index contributed by atoms with van der Waals surface area (Å²) in [6.07, 6.45) is 2.34. The number of rotatable bonds is 3. The van der Waals surface area contributed by atoms with Crippen molar-refractivity contribution >= 4 is 27.9 Å². The Morgan fingerprint density at radius 3 is 2.56 bits per heavy atom. The van der Waals surface area contributed by atoms with Crippen molar-refractivity contribution in [3.8, 4) is 5.88 Å². The first-order valence-corrected chi connectivity index (χ1v) is 9.77.